The van der Waals surface area contributed by atoms with Crippen molar-refractivity contribution in [2.75, 3.05) is 38.5 Å². The Labute approximate surface area is 226 Å². The maximum absolute atomic E-state index is 12.7. The van der Waals surface area contributed by atoms with E-state index in [-0.39, 0.29) is 23.5 Å². The molecule has 2 amide bonds. The van der Waals surface area contributed by atoms with Gasteiger partial charge in [-0.15, -0.1) is 0 Å². The smallest absolute Gasteiger partial charge is 0.410 e. The van der Waals surface area contributed by atoms with Crippen molar-refractivity contribution in [3.8, 4) is 16.9 Å². The molecule has 2 fully saturated rings. The first kappa shape index (κ1) is 26.5. The lowest BCUT2D eigenvalue weighted by Crippen LogP contribution is -2.52. The van der Waals surface area contributed by atoms with Crippen molar-refractivity contribution in [3.63, 3.8) is 0 Å². The lowest BCUT2D eigenvalue weighted by Gasteiger charge is -2.44. The Morgan fingerprint density at radius 1 is 0.947 bits per heavy atom. The Morgan fingerprint density at radius 2 is 1.61 bits per heavy atom. The highest BCUT2D eigenvalue weighted by molar-refractivity contribution is 5.92. The van der Waals surface area contributed by atoms with Crippen molar-refractivity contribution in [2.24, 2.45) is 5.92 Å². The van der Waals surface area contributed by atoms with Crippen LogP contribution >= 0.6 is 0 Å². The molecule has 2 aromatic rings. The summed E-state index contributed by atoms with van der Waals surface area (Å²) in [6.45, 7) is 8.96. The second-order valence-corrected chi connectivity index (χ2v) is 12.2. The summed E-state index contributed by atoms with van der Waals surface area (Å²) in [5.41, 5.74) is 3.65. The van der Waals surface area contributed by atoms with Gasteiger partial charge in [-0.2, -0.15) is 0 Å². The fraction of sp³-hybridized carbons (Fsp3) is 0.548. The summed E-state index contributed by atoms with van der Waals surface area (Å²) in [6, 6.07) is 14.6. The Kier molecular flexibility index (Phi) is 7.40. The van der Waals surface area contributed by atoms with Crippen LogP contribution in [0.3, 0.4) is 0 Å². The third-order valence-corrected chi connectivity index (χ3v) is 8.14. The Morgan fingerprint density at radius 3 is 2.26 bits per heavy atom. The summed E-state index contributed by atoms with van der Waals surface area (Å²) < 4.78 is 12.1. The number of nitrogens with one attached hydrogen (secondary N) is 1. The van der Waals surface area contributed by atoms with Crippen LogP contribution in [-0.4, -0.2) is 66.2 Å². The third-order valence-electron chi connectivity index (χ3n) is 8.14. The minimum Gasteiger partial charge on any atom is -0.487 e. The van der Waals surface area contributed by atoms with E-state index in [0.29, 0.717) is 13.1 Å². The summed E-state index contributed by atoms with van der Waals surface area (Å²) in [5, 5.41) is 3.10. The molecule has 1 spiro atoms. The monoisotopic (exact) mass is 519 g/mol. The van der Waals surface area contributed by atoms with E-state index in [1.54, 1.807) is 4.90 Å². The number of carbonyl (C=O) groups is 2. The number of piperidine rings is 2. The summed E-state index contributed by atoms with van der Waals surface area (Å²) >= 11 is 0. The molecule has 7 heteroatoms. The van der Waals surface area contributed by atoms with Gasteiger partial charge >= 0.3 is 6.09 Å². The van der Waals surface area contributed by atoms with Gasteiger partial charge in [-0.1, -0.05) is 18.2 Å². The number of likely N-dealkylation sites (tertiary alicyclic amines) is 2. The van der Waals surface area contributed by atoms with Crippen LogP contribution in [0, 0.1) is 5.92 Å². The van der Waals surface area contributed by atoms with Crippen LogP contribution in [0.25, 0.3) is 11.1 Å². The molecule has 0 saturated carbocycles. The van der Waals surface area contributed by atoms with Crippen LogP contribution in [0.2, 0.25) is 0 Å². The minimum absolute atomic E-state index is 0.0966. The van der Waals surface area contributed by atoms with Gasteiger partial charge in [0.25, 0.3) is 0 Å². The van der Waals surface area contributed by atoms with Crippen LogP contribution < -0.4 is 10.1 Å². The van der Waals surface area contributed by atoms with E-state index >= 15 is 0 Å². The number of carbonyl (C=O) groups excluding carboxylic acids is 2. The van der Waals surface area contributed by atoms with Crippen molar-refractivity contribution in [2.45, 2.75) is 70.5 Å². The van der Waals surface area contributed by atoms with Gasteiger partial charge in [0, 0.05) is 37.5 Å². The van der Waals surface area contributed by atoms with Gasteiger partial charge in [-0.25, -0.2) is 4.79 Å². The predicted octanol–water partition coefficient (Wildman–Crippen LogP) is 5.73. The molecule has 204 valence electrons. The summed E-state index contributed by atoms with van der Waals surface area (Å²) in [5.74, 6) is 1.18. The lowest BCUT2D eigenvalue weighted by atomic mass is 9.82. The molecular weight excluding hydrogens is 478 g/mol. The number of benzene rings is 2. The van der Waals surface area contributed by atoms with E-state index in [1.165, 1.54) is 5.56 Å². The number of amides is 2. The lowest BCUT2D eigenvalue weighted by molar-refractivity contribution is -0.121. The average molecular weight is 520 g/mol. The molecule has 0 radical (unpaired) electrons. The molecule has 0 aliphatic carbocycles. The SMILES string of the molecule is CN1CCC(C(=O)Nc2ccc(-c3ccc4c(c3)CCC3(CCN(C(=O)OC(C)(C)C)CC3)O4)cc2)CC1. The van der Waals surface area contributed by atoms with E-state index < -0.39 is 5.60 Å². The highest BCUT2D eigenvalue weighted by Crippen LogP contribution is 2.41. The zero-order valence-corrected chi connectivity index (χ0v) is 23.2. The molecule has 3 aliphatic heterocycles. The first-order valence-electron chi connectivity index (χ1n) is 14.0. The number of ether oxygens (including phenoxy) is 2. The molecule has 0 unspecified atom stereocenters. The third kappa shape index (κ3) is 6.15. The van der Waals surface area contributed by atoms with E-state index in [2.05, 4.69) is 47.6 Å². The topological polar surface area (TPSA) is 71.1 Å². The van der Waals surface area contributed by atoms with Crippen LogP contribution in [0.15, 0.2) is 42.5 Å². The maximum Gasteiger partial charge on any atom is 0.410 e. The van der Waals surface area contributed by atoms with Gasteiger partial charge in [0.15, 0.2) is 0 Å². The number of hydrogen-bond acceptors (Lipinski definition) is 5. The second-order valence-electron chi connectivity index (χ2n) is 12.2. The summed E-state index contributed by atoms with van der Waals surface area (Å²) in [6.07, 6.45) is 5.15. The molecule has 0 bridgehead atoms. The average Bonchev–Trinajstić information content (AvgIpc) is 2.89. The predicted molar refractivity (Wildman–Crippen MR) is 149 cm³/mol. The van der Waals surface area contributed by atoms with Crippen molar-refractivity contribution < 1.29 is 19.1 Å². The highest BCUT2D eigenvalue weighted by Gasteiger charge is 2.41. The second kappa shape index (κ2) is 10.6. The Hall–Kier alpha value is -3.06. The van der Waals surface area contributed by atoms with Gasteiger partial charge in [-0.05, 0) is 108 Å². The molecule has 2 saturated heterocycles. The largest absolute Gasteiger partial charge is 0.487 e. The minimum atomic E-state index is -0.481. The highest BCUT2D eigenvalue weighted by atomic mass is 16.6. The van der Waals surface area contributed by atoms with E-state index in [9.17, 15) is 9.59 Å². The van der Waals surface area contributed by atoms with Crippen molar-refractivity contribution in [1.82, 2.24) is 9.80 Å². The molecule has 2 aromatic carbocycles. The molecule has 0 aromatic heterocycles. The van der Waals surface area contributed by atoms with E-state index in [1.807, 2.05) is 32.9 Å². The number of nitrogens with zero attached hydrogens (tertiary/aromatic N) is 2. The summed E-state index contributed by atoms with van der Waals surface area (Å²) in [4.78, 5) is 29.2. The van der Waals surface area contributed by atoms with Gasteiger partial charge in [0.1, 0.15) is 17.0 Å². The number of anilines is 1. The molecule has 38 heavy (non-hydrogen) atoms. The fourth-order valence-corrected chi connectivity index (χ4v) is 5.74. The molecule has 7 nitrogen and oxygen atoms in total. The number of rotatable bonds is 3. The van der Waals surface area contributed by atoms with Crippen molar-refractivity contribution in [1.29, 1.82) is 0 Å². The number of fused-ring (bicyclic) bond motifs is 1. The standard InChI is InChI=1S/C31H41N3O4/c1-30(2,3)38-29(36)34-19-15-31(16-20-34)14-11-25-21-24(7-10-27(25)37-31)22-5-8-26(9-6-22)32-28(35)23-12-17-33(4)18-13-23/h5-10,21,23H,11-20H2,1-4H3,(H,32,35). The zero-order valence-electron chi connectivity index (χ0n) is 23.2. The van der Waals surface area contributed by atoms with Crippen LogP contribution in [0.4, 0.5) is 10.5 Å². The molecule has 3 aliphatic rings. The van der Waals surface area contributed by atoms with Crippen molar-refractivity contribution >= 4 is 17.7 Å². The maximum atomic E-state index is 12.7. The normalized spacial score (nSPS) is 19.9. The van der Waals surface area contributed by atoms with Crippen LogP contribution in [-0.2, 0) is 16.0 Å². The first-order valence-corrected chi connectivity index (χ1v) is 14.0. The first-order chi connectivity index (χ1) is 18.1. The fourth-order valence-electron chi connectivity index (χ4n) is 5.74. The number of hydrogen-bond donors (Lipinski definition) is 1. The molecule has 3 heterocycles. The van der Waals surface area contributed by atoms with Crippen LogP contribution in [0.1, 0.15) is 58.4 Å². The molecular formula is C31H41N3O4. The number of aryl methyl sites for hydroxylation is 1. The zero-order chi connectivity index (χ0) is 26.9. The van der Waals surface area contributed by atoms with E-state index in [4.69, 9.17) is 9.47 Å². The Bertz CT molecular complexity index is 1150. The van der Waals surface area contributed by atoms with Crippen LogP contribution in [0.5, 0.6) is 5.75 Å². The molecule has 0 atom stereocenters. The quantitative estimate of drug-likeness (QED) is 0.561. The van der Waals surface area contributed by atoms with Gasteiger partial charge in [0.05, 0.1) is 0 Å². The van der Waals surface area contributed by atoms with Gasteiger partial charge in [0.2, 0.25) is 5.91 Å². The summed E-state index contributed by atoms with van der Waals surface area (Å²) in [7, 11) is 2.11. The van der Waals surface area contributed by atoms with Gasteiger partial charge < -0.3 is 24.6 Å². The van der Waals surface area contributed by atoms with E-state index in [0.717, 1.165) is 74.2 Å². The van der Waals surface area contributed by atoms with Gasteiger partial charge in [-0.3, -0.25) is 4.79 Å². The molecule has 1 N–H and O–H groups in total. The molecule has 5 rings (SSSR count). The van der Waals surface area contributed by atoms with Crippen molar-refractivity contribution in [3.05, 3.63) is 48.0 Å². The Balaban J connectivity index is 1.18.